The minimum atomic E-state index is -0.313. The number of rotatable bonds is 3. The van der Waals surface area contributed by atoms with Crippen molar-refractivity contribution in [3.8, 4) is 11.3 Å². The summed E-state index contributed by atoms with van der Waals surface area (Å²) < 4.78 is 0. The molecule has 0 spiro atoms. The molecular weight excluding hydrogens is 246 g/mol. The highest BCUT2D eigenvalue weighted by molar-refractivity contribution is 6.30. The summed E-state index contributed by atoms with van der Waals surface area (Å²) in [4.78, 5) is 8.77. The zero-order valence-electron chi connectivity index (χ0n) is 10.5. The van der Waals surface area contributed by atoms with Crippen LogP contribution in [0.5, 0.6) is 0 Å². The molecule has 0 amide bonds. The lowest BCUT2D eigenvalue weighted by atomic mass is 10.0. The van der Waals surface area contributed by atoms with Crippen LogP contribution < -0.4 is 5.73 Å². The summed E-state index contributed by atoms with van der Waals surface area (Å²) in [7, 11) is 0. The molecule has 0 saturated carbocycles. The van der Waals surface area contributed by atoms with Crippen LogP contribution in [0.2, 0.25) is 5.02 Å². The Bertz CT molecular complexity index is 547. The lowest BCUT2D eigenvalue weighted by Crippen LogP contribution is -2.35. The van der Waals surface area contributed by atoms with Crippen LogP contribution >= 0.6 is 11.6 Å². The second-order valence-corrected chi connectivity index (χ2v) is 5.47. The SMILES string of the molecule is CC(C)(N)Cc1nccc(-c2cccc(Cl)c2)n1. The second kappa shape index (κ2) is 5.04. The molecule has 0 aliphatic rings. The van der Waals surface area contributed by atoms with Crippen LogP contribution in [-0.4, -0.2) is 15.5 Å². The van der Waals surface area contributed by atoms with E-state index in [1.165, 1.54) is 0 Å². The Hall–Kier alpha value is -1.45. The highest BCUT2D eigenvalue weighted by Gasteiger charge is 2.14. The Morgan fingerprint density at radius 2 is 2.06 bits per heavy atom. The van der Waals surface area contributed by atoms with Gasteiger partial charge in [-0.05, 0) is 32.0 Å². The molecule has 2 N–H and O–H groups in total. The molecule has 0 aliphatic heterocycles. The van der Waals surface area contributed by atoms with Crippen molar-refractivity contribution in [3.63, 3.8) is 0 Å². The van der Waals surface area contributed by atoms with E-state index in [-0.39, 0.29) is 5.54 Å². The number of nitrogens with two attached hydrogens (primary N) is 1. The van der Waals surface area contributed by atoms with Gasteiger partial charge >= 0.3 is 0 Å². The number of hydrogen-bond donors (Lipinski definition) is 1. The van der Waals surface area contributed by atoms with Crippen LogP contribution in [0.1, 0.15) is 19.7 Å². The Morgan fingerprint density at radius 3 is 2.72 bits per heavy atom. The van der Waals surface area contributed by atoms with Gasteiger partial charge in [0.2, 0.25) is 0 Å². The van der Waals surface area contributed by atoms with Crippen molar-refractivity contribution in [1.82, 2.24) is 9.97 Å². The smallest absolute Gasteiger partial charge is 0.130 e. The normalized spacial score (nSPS) is 11.6. The molecule has 0 unspecified atom stereocenters. The van der Waals surface area contributed by atoms with Gasteiger partial charge in [-0.1, -0.05) is 23.7 Å². The molecule has 2 aromatic rings. The average Bonchev–Trinajstić information content (AvgIpc) is 2.27. The molecule has 1 aromatic heterocycles. The van der Waals surface area contributed by atoms with Crippen LogP contribution in [0.15, 0.2) is 36.5 Å². The van der Waals surface area contributed by atoms with Crippen molar-refractivity contribution < 1.29 is 0 Å². The fourth-order valence-electron chi connectivity index (χ4n) is 1.70. The molecule has 3 nitrogen and oxygen atoms in total. The number of hydrogen-bond acceptors (Lipinski definition) is 3. The Kier molecular flexibility index (Phi) is 3.64. The molecule has 2 rings (SSSR count). The van der Waals surface area contributed by atoms with Gasteiger partial charge in [0.1, 0.15) is 5.82 Å². The number of nitrogens with zero attached hydrogens (tertiary/aromatic N) is 2. The summed E-state index contributed by atoms with van der Waals surface area (Å²) in [5, 5.41) is 0.701. The van der Waals surface area contributed by atoms with E-state index in [1.807, 2.05) is 44.2 Å². The van der Waals surface area contributed by atoms with E-state index in [2.05, 4.69) is 9.97 Å². The quantitative estimate of drug-likeness (QED) is 0.924. The second-order valence-electron chi connectivity index (χ2n) is 5.03. The van der Waals surface area contributed by atoms with Crippen molar-refractivity contribution in [2.45, 2.75) is 25.8 Å². The van der Waals surface area contributed by atoms with Gasteiger partial charge in [0.15, 0.2) is 0 Å². The topological polar surface area (TPSA) is 51.8 Å². The van der Waals surface area contributed by atoms with Gasteiger partial charge in [0, 0.05) is 28.7 Å². The van der Waals surface area contributed by atoms with Crippen LogP contribution in [0.3, 0.4) is 0 Å². The number of aromatic nitrogens is 2. The van der Waals surface area contributed by atoms with Gasteiger partial charge in [-0.15, -0.1) is 0 Å². The first-order chi connectivity index (χ1) is 8.44. The highest BCUT2D eigenvalue weighted by Crippen LogP contribution is 2.21. The summed E-state index contributed by atoms with van der Waals surface area (Å²) in [5.74, 6) is 0.750. The van der Waals surface area contributed by atoms with Gasteiger partial charge in [-0.3, -0.25) is 0 Å². The summed E-state index contributed by atoms with van der Waals surface area (Å²) in [6.07, 6.45) is 2.39. The molecule has 94 valence electrons. The minimum absolute atomic E-state index is 0.313. The van der Waals surface area contributed by atoms with Gasteiger partial charge in [-0.25, -0.2) is 9.97 Å². The third kappa shape index (κ3) is 3.52. The monoisotopic (exact) mass is 261 g/mol. The minimum Gasteiger partial charge on any atom is -0.325 e. The zero-order valence-corrected chi connectivity index (χ0v) is 11.3. The van der Waals surface area contributed by atoms with E-state index in [1.54, 1.807) is 6.20 Å². The molecule has 0 atom stereocenters. The summed E-state index contributed by atoms with van der Waals surface area (Å²) >= 11 is 5.98. The van der Waals surface area contributed by atoms with Gasteiger partial charge in [-0.2, -0.15) is 0 Å². The van der Waals surface area contributed by atoms with E-state index < -0.39 is 0 Å². The molecule has 0 fully saturated rings. The number of benzene rings is 1. The van der Waals surface area contributed by atoms with Gasteiger partial charge in [0.25, 0.3) is 0 Å². The van der Waals surface area contributed by atoms with Crippen molar-refractivity contribution in [1.29, 1.82) is 0 Å². The van der Waals surface area contributed by atoms with Crippen LogP contribution in [0, 0.1) is 0 Å². The van der Waals surface area contributed by atoms with Gasteiger partial charge < -0.3 is 5.73 Å². The number of halogens is 1. The maximum atomic E-state index is 5.98. The van der Waals surface area contributed by atoms with Gasteiger partial charge in [0.05, 0.1) is 5.69 Å². The molecule has 0 aliphatic carbocycles. The Balaban J connectivity index is 2.33. The third-order valence-corrected chi connectivity index (χ3v) is 2.67. The maximum Gasteiger partial charge on any atom is 0.130 e. The van der Waals surface area contributed by atoms with Crippen molar-refractivity contribution in [3.05, 3.63) is 47.4 Å². The fourth-order valence-corrected chi connectivity index (χ4v) is 1.89. The standard InChI is InChI=1S/C14H16ClN3/c1-14(2,16)9-13-17-7-6-12(18-13)10-4-3-5-11(15)8-10/h3-8H,9,16H2,1-2H3. The predicted octanol–water partition coefficient (Wildman–Crippen LogP) is 3.08. The molecule has 1 heterocycles. The van der Waals surface area contributed by atoms with Crippen molar-refractivity contribution >= 4 is 11.6 Å². The first-order valence-corrected chi connectivity index (χ1v) is 6.19. The highest BCUT2D eigenvalue weighted by atomic mass is 35.5. The molecule has 4 heteroatoms. The van der Waals surface area contributed by atoms with E-state index in [0.717, 1.165) is 17.1 Å². The van der Waals surface area contributed by atoms with Crippen LogP contribution in [0.25, 0.3) is 11.3 Å². The van der Waals surface area contributed by atoms with Crippen molar-refractivity contribution in [2.75, 3.05) is 0 Å². The van der Waals surface area contributed by atoms with E-state index >= 15 is 0 Å². The van der Waals surface area contributed by atoms with E-state index in [9.17, 15) is 0 Å². The molecular formula is C14H16ClN3. The molecule has 0 radical (unpaired) electrons. The summed E-state index contributed by atoms with van der Waals surface area (Å²) in [5.41, 5.74) is 7.52. The molecule has 18 heavy (non-hydrogen) atoms. The summed E-state index contributed by atoms with van der Waals surface area (Å²) in [6, 6.07) is 9.49. The Morgan fingerprint density at radius 1 is 1.28 bits per heavy atom. The lowest BCUT2D eigenvalue weighted by molar-refractivity contribution is 0.502. The fraction of sp³-hybridized carbons (Fsp3) is 0.286. The largest absolute Gasteiger partial charge is 0.325 e. The maximum absolute atomic E-state index is 5.98. The summed E-state index contributed by atoms with van der Waals surface area (Å²) in [6.45, 7) is 3.92. The van der Waals surface area contributed by atoms with E-state index in [4.69, 9.17) is 17.3 Å². The third-order valence-electron chi connectivity index (χ3n) is 2.44. The molecule has 0 saturated heterocycles. The first-order valence-electron chi connectivity index (χ1n) is 5.81. The Labute approximate surface area is 112 Å². The lowest BCUT2D eigenvalue weighted by Gasteiger charge is -2.17. The average molecular weight is 262 g/mol. The van der Waals surface area contributed by atoms with Crippen LogP contribution in [-0.2, 0) is 6.42 Å². The zero-order chi connectivity index (χ0) is 13.2. The van der Waals surface area contributed by atoms with Crippen molar-refractivity contribution in [2.24, 2.45) is 5.73 Å². The van der Waals surface area contributed by atoms with E-state index in [0.29, 0.717) is 11.4 Å². The predicted molar refractivity (Wildman–Crippen MR) is 74.4 cm³/mol. The first kappa shape index (κ1) is 13.0. The van der Waals surface area contributed by atoms with Crippen LogP contribution in [0.4, 0.5) is 0 Å². The molecule has 1 aromatic carbocycles. The molecule has 0 bridgehead atoms.